The number of hydrogen-bond donors (Lipinski definition) is 1. The topological polar surface area (TPSA) is 82.3 Å². The van der Waals surface area contributed by atoms with Gasteiger partial charge in [-0.3, -0.25) is 4.98 Å². The largest absolute Gasteiger partial charge is 0.486 e. The average molecular weight is 364 g/mol. The van der Waals surface area contributed by atoms with E-state index in [4.69, 9.17) is 10.00 Å². The van der Waals surface area contributed by atoms with Crippen LogP contribution >= 0.6 is 0 Å². The van der Waals surface area contributed by atoms with Crippen molar-refractivity contribution in [3.8, 4) is 11.8 Å². The quantitative estimate of drug-likeness (QED) is 0.901. The molecule has 1 saturated heterocycles. The first kappa shape index (κ1) is 17.7. The van der Waals surface area contributed by atoms with Crippen molar-refractivity contribution in [1.82, 2.24) is 9.97 Å². The maximum absolute atomic E-state index is 10.6. The van der Waals surface area contributed by atoms with Crippen LogP contribution in [-0.4, -0.2) is 40.4 Å². The van der Waals surface area contributed by atoms with E-state index in [0.717, 1.165) is 48.9 Å². The van der Waals surface area contributed by atoms with E-state index >= 15 is 0 Å². The smallest absolute Gasteiger partial charge is 0.142 e. The predicted molar refractivity (Wildman–Crippen MR) is 102 cm³/mol. The summed E-state index contributed by atoms with van der Waals surface area (Å²) >= 11 is 0. The minimum absolute atomic E-state index is 0.215. The normalized spacial score (nSPS) is 27.1. The van der Waals surface area contributed by atoms with Gasteiger partial charge in [0, 0.05) is 18.8 Å². The molecule has 3 heterocycles. The third kappa shape index (κ3) is 3.60. The lowest BCUT2D eigenvalue weighted by Crippen LogP contribution is -2.42. The van der Waals surface area contributed by atoms with Gasteiger partial charge in [-0.2, -0.15) is 5.26 Å². The molecule has 6 nitrogen and oxygen atoms in total. The van der Waals surface area contributed by atoms with Crippen molar-refractivity contribution in [3.05, 3.63) is 47.4 Å². The number of pyridine rings is 2. The molecular formula is C21H24N4O2. The number of hydrogen-bond acceptors (Lipinski definition) is 6. The predicted octanol–water partition coefficient (Wildman–Crippen LogP) is 2.62. The van der Waals surface area contributed by atoms with Crippen LogP contribution in [0.2, 0.25) is 0 Å². The van der Waals surface area contributed by atoms with Gasteiger partial charge in [-0.25, -0.2) is 4.98 Å². The summed E-state index contributed by atoms with van der Waals surface area (Å²) in [6, 6.07) is 11.5. The zero-order chi connectivity index (χ0) is 19.0. The van der Waals surface area contributed by atoms with Crippen molar-refractivity contribution in [2.75, 3.05) is 18.0 Å². The highest BCUT2D eigenvalue weighted by atomic mass is 16.5. The Labute approximate surface area is 159 Å². The molecule has 6 heteroatoms. The SMILES string of the molecule is Cc1ccc(O[C@@H]2C[C@@H]3CN(c4cccc(C#N)n4)C[C@@H]3C[C@H]2O)c(C)n1. The molecule has 2 fully saturated rings. The van der Waals surface area contributed by atoms with Crippen molar-refractivity contribution in [2.24, 2.45) is 11.8 Å². The Morgan fingerprint density at radius 2 is 1.89 bits per heavy atom. The van der Waals surface area contributed by atoms with Gasteiger partial charge in [0.25, 0.3) is 0 Å². The van der Waals surface area contributed by atoms with E-state index in [1.165, 1.54) is 0 Å². The van der Waals surface area contributed by atoms with Gasteiger partial charge in [0.2, 0.25) is 0 Å². The van der Waals surface area contributed by atoms with E-state index in [9.17, 15) is 5.11 Å². The molecule has 1 aliphatic carbocycles. The first-order valence-corrected chi connectivity index (χ1v) is 9.44. The van der Waals surface area contributed by atoms with Crippen LogP contribution in [0.4, 0.5) is 5.82 Å². The van der Waals surface area contributed by atoms with E-state index in [1.54, 1.807) is 6.07 Å². The number of fused-ring (bicyclic) bond motifs is 1. The van der Waals surface area contributed by atoms with E-state index in [1.807, 2.05) is 38.1 Å². The van der Waals surface area contributed by atoms with Gasteiger partial charge in [0.1, 0.15) is 29.4 Å². The first-order valence-electron chi connectivity index (χ1n) is 9.44. The molecule has 0 radical (unpaired) electrons. The number of rotatable bonds is 3. The van der Waals surface area contributed by atoms with Crippen LogP contribution in [0.25, 0.3) is 0 Å². The number of ether oxygens (including phenoxy) is 1. The Kier molecular flexibility index (Phi) is 4.71. The Morgan fingerprint density at radius 1 is 1.11 bits per heavy atom. The molecule has 2 aromatic heterocycles. The van der Waals surface area contributed by atoms with Crippen molar-refractivity contribution in [3.63, 3.8) is 0 Å². The summed E-state index contributed by atoms with van der Waals surface area (Å²) in [6.45, 7) is 5.64. The lowest BCUT2D eigenvalue weighted by Gasteiger charge is -2.35. The Morgan fingerprint density at radius 3 is 2.63 bits per heavy atom. The van der Waals surface area contributed by atoms with E-state index < -0.39 is 6.10 Å². The van der Waals surface area contributed by atoms with E-state index in [2.05, 4.69) is 20.9 Å². The third-order valence-electron chi connectivity index (χ3n) is 5.71. The molecule has 1 aliphatic heterocycles. The molecule has 2 aromatic rings. The minimum atomic E-state index is -0.481. The molecule has 0 bridgehead atoms. The Hall–Kier alpha value is -2.65. The second kappa shape index (κ2) is 7.16. The summed E-state index contributed by atoms with van der Waals surface area (Å²) in [5, 5.41) is 19.7. The molecule has 0 amide bonds. The monoisotopic (exact) mass is 364 g/mol. The zero-order valence-electron chi connectivity index (χ0n) is 15.7. The number of aryl methyl sites for hydroxylation is 2. The lowest BCUT2D eigenvalue weighted by atomic mass is 9.78. The van der Waals surface area contributed by atoms with Crippen molar-refractivity contribution in [2.45, 2.75) is 38.9 Å². The van der Waals surface area contributed by atoms with Crippen LogP contribution in [-0.2, 0) is 0 Å². The maximum Gasteiger partial charge on any atom is 0.142 e. The summed E-state index contributed by atoms with van der Waals surface area (Å²) in [6.07, 6.45) is 0.841. The average Bonchev–Trinajstić information content (AvgIpc) is 3.07. The molecule has 1 N–H and O–H groups in total. The molecule has 4 atom stereocenters. The summed E-state index contributed by atoms with van der Waals surface area (Å²) in [4.78, 5) is 11.1. The van der Waals surface area contributed by atoms with Gasteiger partial charge in [-0.05, 0) is 62.8 Å². The van der Waals surface area contributed by atoms with Crippen molar-refractivity contribution < 1.29 is 9.84 Å². The van der Waals surface area contributed by atoms with Gasteiger partial charge in [-0.1, -0.05) is 6.07 Å². The van der Waals surface area contributed by atoms with Crippen molar-refractivity contribution in [1.29, 1.82) is 5.26 Å². The Balaban J connectivity index is 1.46. The number of anilines is 1. The van der Waals surface area contributed by atoms with Crippen LogP contribution in [0.15, 0.2) is 30.3 Å². The first-order chi connectivity index (χ1) is 13.0. The molecule has 0 spiro atoms. The summed E-state index contributed by atoms with van der Waals surface area (Å²) < 4.78 is 6.15. The minimum Gasteiger partial charge on any atom is -0.486 e. The Bertz CT molecular complexity index is 879. The van der Waals surface area contributed by atoms with Crippen LogP contribution < -0.4 is 9.64 Å². The fourth-order valence-electron chi connectivity index (χ4n) is 4.33. The molecule has 2 aliphatic rings. The highest BCUT2D eigenvalue weighted by Gasteiger charge is 2.43. The summed E-state index contributed by atoms with van der Waals surface area (Å²) in [5.41, 5.74) is 2.25. The zero-order valence-corrected chi connectivity index (χ0v) is 15.7. The molecule has 0 unspecified atom stereocenters. The van der Waals surface area contributed by atoms with Gasteiger partial charge in [0.05, 0.1) is 11.8 Å². The van der Waals surface area contributed by atoms with Gasteiger partial charge < -0.3 is 14.7 Å². The second-order valence-corrected chi connectivity index (χ2v) is 7.65. The number of nitrogens with zero attached hydrogens (tertiary/aromatic N) is 4. The molecular weight excluding hydrogens is 340 g/mol. The molecule has 4 rings (SSSR count). The molecule has 27 heavy (non-hydrogen) atoms. The highest BCUT2D eigenvalue weighted by molar-refractivity contribution is 5.43. The molecule has 140 valence electrons. The van der Waals surface area contributed by atoms with Crippen molar-refractivity contribution >= 4 is 5.82 Å². The van der Waals surface area contributed by atoms with Gasteiger partial charge >= 0.3 is 0 Å². The number of aliphatic hydroxyl groups excluding tert-OH is 1. The van der Waals surface area contributed by atoms with Gasteiger partial charge in [-0.15, -0.1) is 0 Å². The number of aliphatic hydroxyl groups is 1. The van der Waals surface area contributed by atoms with E-state index in [0.29, 0.717) is 17.5 Å². The second-order valence-electron chi connectivity index (χ2n) is 7.65. The van der Waals surface area contributed by atoms with Crippen LogP contribution in [0, 0.1) is 37.0 Å². The van der Waals surface area contributed by atoms with Crippen LogP contribution in [0.1, 0.15) is 29.9 Å². The third-order valence-corrected chi connectivity index (χ3v) is 5.71. The molecule has 1 saturated carbocycles. The number of nitriles is 1. The summed E-state index contributed by atoms with van der Waals surface area (Å²) in [7, 11) is 0. The highest BCUT2D eigenvalue weighted by Crippen LogP contribution is 2.39. The summed E-state index contributed by atoms with van der Waals surface area (Å²) in [5.74, 6) is 2.46. The standard InChI is InChI=1S/C21H24N4O2/c1-13-6-7-19(14(2)23-13)27-20-9-16-12-25(11-15(16)8-18(20)26)21-5-3-4-17(10-22)24-21/h3-7,15-16,18,20,26H,8-9,11-12H2,1-2H3/t15-,16+,18+,20+/m0/s1. The lowest BCUT2D eigenvalue weighted by molar-refractivity contribution is -0.0236. The van der Waals surface area contributed by atoms with Gasteiger partial charge in [0.15, 0.2) is 0 Å². The van der Waals surface area contributed by atoms with Crippen LogP contribution in [0.5, 0.6) is 5.75 Å². The van der Waals surface area contributed by atoms with E-state index in [-0.39, 0.29) is 6.10 Å². The van der Waals surface area contributed by atoms with Crippen LogP contribution in [0.3, 0.4) is 0 Å². The molecule has 0 aromatic carbocycles. The number of aromatic nitrogens is 2. The maximum atomic E-state index is 10.6. The fourth-order valence-corrected chi connectivity index (χ4v) is 4.33. The fraction of sp³-hybridized carbons (Fsp3) is 0.476.